The van der Waals surface area contributed by atoms with Crippen LogP contribution < -0.4 is 5.32 Å². The molecule has 0 amide bonds. The third kappa shape index (κ3) is 5.18. The molecule has 0 saturated heterocycles. The fraction of sp³-hybridized carbons (Fsp3) is 0.750. The summed E-state index contributed by atoms with van der Waals surface area (Å²) in [4.78, 5) is 0. The maximum Gasteiger partial charge on any atom is 0.150 e. The van der Waals surface area contributed by atoms with Crippen LogP contribution in [0.15, 0.2) is 12.3 Å². The van der Waals surface area contributed by atoms with Crippen LogP contribution in [0, 0.1) is 0 Å². The number of rotatable bonds is 9. The summed E-state index contributed by atoms with van der Waals surface area (Å²) < 4.78 is 24.6. The van der Waals surface area contributed by atoms with E-state index in [0.29, 0.717) is 13.0 Å². The molecule has 0 atom stereocenters. The van der Waals surface area contributed by atoms with Crippen molar-refractivity contribution in [2.45, 2.75) is 39.8 Å². The molecule has 6 heteroatoms. The van der Waals surface area contributed by atoms with E-state index >= 15 is 0 Å². The molecule has 0 aromatic carbocycles. The highest BCUT2D eigenvalue weighted by molar-refractivity contribution is 7.91. The first-order valence-electron chi connectivity index (χ1n) is 6.51. The Balaban J connectivity index is 2.40. The number of sulfone groups is 1. The van der Waals surface area contributed by atoms with Gasteiger partial charge in [0.2, 0.25) is 0 Å². The van der Waals surface area contributed by atoms with Gasteiger partial charge in [0.1, 0.15) is 9.84 Å². The Hall–Kier alpha value is -0.880. The van der Waals surface area contributed by atoms with Gasteiger partial charge in [-0.2, -0.15) is 5.10 Å². The minimum absolute atomic E-state index is 0.219. The quantitative estimate of drug-likeness (QED) is 0.687. The third-order valence-electron chi connectivity index (χ3n) is 2.80. The zero-order chi connectivity index (χ0) is 13.4. The van der Waals surface area contributed by atoms with Gasteiger partial charge in [0.15, 0.2) is 0 Å². The molecule has 0 aliphatic carbocycles. The fourth-order valence-electron chi connectivity index (χ4n) is 1.68. The van der Waals surface area contributed by atoms with E-state index in [1.165, 1.54) is 0 Å². The van der Waals surface area contributed by atoms with Crippen LogP contribution in [0.2, 0.25) is 0 Å². The average molecular weight is 273 g/mol. The molecule has 1 aromatic heterocycles. The SMILES string of the molecule is CCCNCc1ccnn1CCCS(=O)(=O)CC. The van der Waals surface area contributed by atoms with Gasteiger partial charge in [0.25, 0.3) is 0 Å². The van der Waals surface area contributed by atoms with Crippen LogP contribution in [0.4, 0.5) is 0 Å². The minimum Gasteiger partial charge on any atom is -0.311 e. The molecule has 1 rings (SSSR count). The lowest BCUT2D eigenvalue weighted by molar-refractivity contribution is 0.542. The number of hydrogen-bond acceptors (Lipinski definition) is 4. The molecule has 0 unspecified atom stereocenters. The summed E-state index contributed by atoms with van der Waals surface area (Å²) in [6, 6.07) is 1.97. The van der Waals surface area contributed by atoms with Gasteiger partial charge >= 0.3 is 0 Å². The largest absolute Gasteiger partial charge is 0.311 e. The normalized spacial score (nSPS) is 11.9. The molecular formula is C12H23N3O2S. The maximum absolute atomic E-state index is 11.4. The number of hydrogen-bond donors (Lipinski definition) is 1. The molecule has 18 heavy (non-hydrogen) atoms. The van der Waals surface area contributed by atoms with E-state index in [9.17, 15) is 8.42 Å². The van der Waals surface area contributed by atoms with Crippen LogP contribution in [-0.4, -0.2) is 36.2 Å². The predicted octanol–water partition coefficient (Wildman–Crippen LogP) is 1.21. The van der Waals surface area contributed by atoms with Crippen LogP contribution in [0.25, 0.3) is 0 Å². The van der Waals surface area contributed by atoms with Crippen LogP contribution in [-0.2, 0) is 22.9 Å². The maximum atomic E-state index is 11.4. The van der Waals surface area contributed by atoms with Gasteiger partial charge < -0.3 is 5.32 Å². The summed E-state index contributed by atoms with van der Waals surface area (Å²) in [6.07, 6.45) is 3.48. The lowest BCUT2D eigenvalue weighted by atomic mass is 10.4. The Morgan fingerprint density at radius 2 is 2.17 bits per heavy atom. The van der Waals surface area contributed by atoms with Gasteiger partial charge in [-0.15, -0.1) is 0 Å². The Labute approximate surface area is 109 Å². The molecule has 0 radical (unpaired) electrons. The lowest BCUT2D eigenvalue weighted by Gasteiger charge is -2.08. The monoisotopic (exact) mass is 273 g/mol. The Morgan fingerprint density at radius 3 is 2.83 bits per heavy atom. The first-order chi connectivity index (χ1) is 8.59. The number of aryl methyl sites for hydroxylation is 1. The molecule has 5 nitrogen and oxygen atoms in total. The molecule has 0 fully saturated rings. The van der Waals surface area contributed by atoms with Gasteiger partial charge in [-0.1, -0.05) is 13.8 Å². The Kier molecular flexibility index (Phi) is 6.35. The van der Waals surface area contributed by atoms with Crippen LogP contribution in [0.1, 0.15) is 32.4 Å². The topological polar surface area (TPSA) is 64.0 Å². The zero-order valence-electron chi connectivity index (χ0n) is 11.2. The van der Waals surface area contributed by atoms with E-state index in [-0.39, 0.29) is 11.5 Å². The Bertz CT molecular complexity index is 440. The number of aromatic nitrogens is 2. The van der Waals surface area contributed by atoms with Gasteiger partial charge in [0.05, 0.1) is 11.4 Å². The van der Waals surface area contributed by atoms with Crippen molar-refractivity contribution in [2.75, 3.05) is 18.1 Å². The summed E-state index contributed by atoms with van der Waals surface area (Å²) >= 11 is 0. The van der Waals surface area contributed by atoms with Crippen molar-refractivity contribution >= 4 is 9.84 Å². The summed E-state index contributed by atoms with van der Waals surface area (Å²) in [5.41, 5.74) is 1.11. The fourth-order valence-corrected chi connectivity index (χ4v) is 2.54. The van der Waals surface area contributed by atoms with Crippen molar-refractivity contribution in [3.63, 3.8) is 0 Å². The zero-order valence-corrected chi connectivity index (χ0v) is 12.0. The average Bonchev–Trinajstić information content (AvgIpc) is 2.77. The summed E-state index contributed by atoms with van der Waals surface area (Å²) in [5, 5.41) is 7.54. The van der Waals surface area contributed by atoms with Gasteiger partial charge in [0, 0.05) is 25.0 Å². The van der Waals surface area contributed by atoms with E-state index in [1.54, 1.807) is 13.1 Å². The van der Waals surface area contributed by atoms with Crippen LogP contribution in [0.3, 0.4) is 0 Å². The van der Waals surface area contributed by atoms with Crippen molar-refractivity contribution in [1.82, 2.24) is 15.1 Å². The Morgan fingerprint density at radius 1 is 1.39 bits per heavy atom. The molecule has 104 valence electrons. The van der Waals surface area contributed by atoms with E-state index in [0.717, 1.165) is 25.2 Å². The molecule has 1 aromatic rings. The second kappa shape index (κ2) is 7.53. The molecular weight excluding hydrogens is 250 g/mol. The lowest BCUT2D eigenvalue weighted by Crippen LogP contribution is -2.18. The second-order valence-electron chi connectivity index (χ2n) is 4.31. The predicted molar refractivity (Wildman–Crippen MR) is 73.2 cm³/mol. The summed E-state index contributed by atoms with van der Waals surface area (Å²) in [7, 11) is -2.86. The summed E-state index contributed by atoms with van der Waals surface area (Å²) in [5.74, 6) is 0.461. The van der Waals surface area contributed by atoms with Crippen molar-refractivity contribution in [3.8, 4) is 0 Å². The second-order valence-corrected chi connectivity index (χ2v) is 6.79. The van der Waals surface area contributed by atoms with Gasteiger partial charge in [-0.25, -0.2) is 8.42 Å². The highest BCUT2D eigenvalue weighted by atomic mass is 32.2. The molecule has 0 bridgehead atoms. The van der Waals surface area contributed by atoms with Gasteiger partial charge in [-0.3, -0.25) is 4.68 Å². The van der Waals surface area contributed by atoms with E-state index in [1.807, 2.05) is 10.7 Å². The third-order valence-corrected chi connectivity index (χ3v) is 4.59. The van der Waals surface area contributed by atoms with Crippen LogP contribution >= 0.6 is 0 Å². The molecule has 0 saturated carbocycles. The summed E-state index contributed by atoms with van der Waals surface area (Å²) in [6.45, 7) is 6.24. The molecule has 0 aliphatic heterocycles. The van der Waals surface area contributed by atoms with E-state index in [2.05, 4.69) is 17.3 Å². The highest BCUT2D eigenvalue weighted by Crippen LogP contribution is 2.02. The molecule has 0 spiro atoms. The highest BCUT2D eigenvalue weighted by Gasteiger charge is 2.08. The van der Waals surface area contributed by atoms with E-state index in [4.69, 9.17) is 0 Å². The van der Waals surface area contributed by atoms with Crippen molar-refractivity contribution in [1.29, 1.82) is 0 Å². The minimum atomic E-state index is -2.86. The molecule has 0 aliphatic rings. The molecule has 1 heterocycles. The first kappa shape index (κ1) is 15.2. The standard InChI is InChI=1S/C12H23N3O2S/c1-3-7-13-11-12-6-8-14-15(12)9-5-10-18(16,17)4-2/h6,8,13H,3-5,7,9-11H2,1-2H3. The van der Waals surface area contributed by atoms with Crippen molar-refractivity contribution in [3.05, 3.63) is 18.0 Å². The van der Waals surface area contributed by atoms with Crippen molar-refractivity contribution in [2.24, 2.45) is 0 Å². The smallest absolute Gasteiger partial charge is 0.150 e. The first-order valence-corrected chi connectivity index (χ1v) is 8.33. The van der Waals surface area contributed by atoms with Crippen LogP contribution in [0.5, 0.6) is 0 Å². The number of nitrogens with zero attached hydrogens (tertiary/aromatic N) is 2. The van der Waals surface area contributed by atoms with E-state index < -0.39 is 9.84 Å². The number of nitrogens with one attached hydrogen (secondary N) is 1. The van der Waals surface area contributed by atoms with Crippen molar-refractivity contribution < 1.29 is 8.42 Å². The van der Waals surface area contributed by atoms with Gasteiger partial charge in [-0.05, 0) is 25.5 Å². The molecule has 1 N–H and O–H groups in total.